The SMILES string of the molecule is CCC(=O)NCCN1C(=O)C(C)(C)Oc2cc(C)c(C(=O)N(C(C)C)C3CCCCC3)cc21.CCC(=O)NCCN1C(=O)C(C)(C)Oc2cc(C)c(C(=O)N(C(C)C)[C@@H]3CCCN(C(=O)OCCl)C3)cc21.Cl. The zero-order valence-corrected chi connectivity index (χ0v) is 46.1. The number of anilines is 2. The van der Waals surface area contributed by atoms with Crippen LogP contribution >= 0.6 is 24.0 Å². The van der Waals surface area contributed by atoms with E-state index in [1.807, 2.05) is 38.7 Å². The Balaban J connectivity index is 0.000000311. The lowest BCUT2D eigenvalue weighted by atomic mass is 9.92. The Morgan fingerprint density at radius 2 is 1.11 bits per heavy atom. The van der Waals surface area contributed by atoms with Crippen molar-refractivity contribution in [3.8, 4) is 11.5 Å². The van der Waals surface area contributed by atoms with Crippen molar-refractivity contribution < 1.29 is 47.8 Å². The summed E-state index contributed by atoms with van der Waals surface area (Å²) in [4.78, 5) is 98.7. The molecule has 400 valence electrons. The van der Waals surface area contributed by atoms with E-state index < -0.39 is 17.3 Å². The van der Waals surface area contributed by atoms with E-state index in [0.717, 1.165) is 49.7 Å². The van der Waals surface area contributed by atoms with Crippen molar-refractivity contribution in [2.45, 2.75) is 176 Å². The highest BCUT2D eigenvalue weighted by molar-refractivity contribution is 6.17. The zero-order chi connectivity index (χ0) is 52.5. The Morgan fingerprint density at radius 1 is 0.694 bits per heavy atom. The monoisotopic (exact) mass is 1040 g/mol. The van der Waals surface area contributed by atoms with Crippen LogP contribution in [0.5, 0.6) is 11.5 Å². The molecule has 0 bridgehead atoms. The summed E-state index contributed by atoms with van der Waals surface area (Å²) in [7, 11) is 0. The van der Waals surface area contributed by atoms with Gasteiger partial charge in [-0.3, -0.25) is 28.8 Å². The molecule has 3 aliphatic heterocycles. The smallest absolute Gasteiger partial charge is 0.411 e. The molecule has 0 unspecified atom stereocenters. The van der Waals surface area contributed by atoms with Crippen LogP contribution in [-0.2, 0) is 23.9 Å². The van der Waals surface area contributed by atoms with E-state index in [1.54, 1.807) is 79.3 Å². The fourth-order valence-electron chi connectivity index (χ4n) is 9.97. The molecule has 0 aromatic heterocycles. The summed E-state index contributed by atoms with van der Waals surface area (Å²) in [6.45, 7) is 24.3. The summed E-state index contributed by atoms with van der Waals surface area (Å²) in [5, 5.41) is 5.64. The summed E-state index contributed by atoms with van der Waals surface area (Å²) in [6, 6.07) is 6.95. The fourth-order valence-corrected chi connectivity index (χ4v) is 10.1. The number of amides is 7. The molecule has 2 fully saturated rings. The molecule has 1 saturated carbocycles. The van der Waals surface area contributed by atoms with Crippen molar-refractivity contribution in [1.82, 2.24) is 25.3 Å². The standard InChI is InChI=1S/C27H39ClN4O6.C26H39N3O4.ClH/c1-7-23(33)29-10-12-31-21-14-20(18(4)13-22(21)38-27(5,6)25(31)35)24(34)32(17(2)3)19-9-8-11-30(15-19)26(36)37-16-28;1-7-23(30)27-13-14-28-21-16-20(18(4)15-22(21)33-26(5,6)25(28)32)24(31)29(17(2)3)19-11-9-8-10-12-19;/h13-14,17,19H,7-12,15-16H2,1-6H3,(H,29,33);15-17,19H,7-14H2,1-6H3,(H,27,30);1H/t19-;;/m1../s1. The van der Waals surface area contributed by atoms with Crippen LogP contribution in [0, 0.1) is 13.8 Å². The van der Waals surface area contributed by atoms with Crippen molar-refractivity contribution >= 4 is 76.9 Å². The molecule has 1 aliphatic carbocycles. The van der Waals surface area contributed by atoms with Crippen molar-refractivity contribution in [1.29, 1.82) is 0 Å². The summed E-state index contributed by atoms with van der Waals surface area (Å²) in [5.41, 5.74) is 1.59. The highest BCUT2D eigenvalue weighted by Gasteiger charge is 2.44. The summed E-state index contributed by atoms with van der Waals surface area (Å²) < 4.78 is 17.0. The van der Waals surface area contributed by atoms with Crippen molar-refractivity contribution in [2.24, 2.45) is 0 Å². The maximum Gasteiger partial charge on any atom is 0.411 e. The van der Waals surface area contributed by atoms with Gasteiger partial charge < -0.3 is 49.3 Å². The molecule has 2 aromatic rings. The minimum atomic E-state index is -1.09. The van der Waals surface area contributed by atoms with Crippen LogP contribution in [0.1, 0.15) is 159 Å². The molecular formula is C53H79Cl2N7O10. The van der Waals surface area contributed by atoms with Gasteiger partial charge in [0.15, 0.2) is 17.3 Å². The zero-order valence-electron chi connectivity index (χ0n) is 44.5. The summed E-state index contributed by atoms with van der Waals surface area (Å²) in [5.74, 6) is 0.320. The quantitative estimate of drug-likeness (QED) is 0.164. The van der Waals surface area contributed by atoms with E-state index >= 15 is 0 Å². The number of fused-ring (bicyclic) bond motifs is 2. The second-order valence-corrected chi connectivity index (χ2v) is 20.7. The van der Waals surface area contributed by atoms with Gasteiger partial charge in [0.1, 0.15) is 11.5 Å². The molecule has 1 saturated heterocycles. The number of ether oxygens (including phenoxy) is 3. The van der Waals surface area contributed by atoms with E-state index in [0.29, 0.717) is 73.0 Å². The van der Waals surface area contributed by atoms with Gasteiger partial charge in [-0.1, -0.05) is 44.7 Å². The first kappa shape index (κ1) is 59.3. The average Bonchev–Trinajstić information content (AvgIpc) is 3.31. The first-order valence-electron chi connectivity index (χ1n) is 25.4. The Bertz CT molecular complexity index is 2300. The number of carbonyl (C=O) groups is 7. The maximum atomic E-state index is 14.0. The molecule has 6 rings (SSSR count). The second-order valence-electron chi connectivity index (χ2n) is 20.5. The molecule has 17 nitrogen and oxygen atoms in total. The first-order valence-corrected chi connectivity index (χ1v) is 26.0. The number of alkyl halides is 1. The number of rotatable bonds is 15. The van der Waals surface area contributed by atoms with Gasteiger partial charge in [-0.05, 0) is 130 Å². The number of hydrogen-bond donors (Lipinski definition) is 2. The number of nitrogens with zero attached hydrogens (tertiary/aromatic N) is 5. The van der Waals surface area contributed by atoms with Crippen LogP contribution in [0.3, 0.4) is 0 Å². The van der Waals surface area contributed by atoms with Crippen LogP contribution in [0.15, 0.2) is 24.3 Å². The predicted molar refractivity (Wildman–Crippen MR) is 282 cm³/mol. The third-order valence-corrected chi connectivity index (χ3v) is 13.7. The third-order valence-electron chi connectivity index (χ3n) is 13.6. The number of likely N-dealkylation sites (tertiary alicyclic amines) is 1. The van der Waals surface area contributed by atoms with Gasteiger partial charge in [0.25, 0.3) is 23.6 Å². The number of piperidine rings is 1. The minimum absolute atomic E-state index is 0. The predicted octanol–water partition coefficient (Wildman–Crippen LogP) is 8.30. The fraction of sp³-hybridized carbons (Fsp3) is 0.642. The highest BCUT2D eigenvalue weighted by atomic mass is 35.5. The number of hydrogen-bond acceptors (Lipinski definition) is 10. The number of halogens is 2. The number of carbonyl (C=O) groups excluding carboxylic acids is 7. The van der Waals surface area contributed by atoms with Gasteiger partial charge in [0.2, 0.25) is 11.8 Å². The van der Waals surface area contributed by atoms with Crippen molar-refractivity contribution in [3.63, 3.8) is 0 Å². The van der Waals surface area contributed by atoms with Gasteiger partial charge >= 0.3 is 6.09 Å². The molecule has 7 amide bonds. The normalized spacial score (nSPS) is 18.0. The minimum Gasteiger partial charge on any atom is -0.476 e. The summed E-state index contributed by atoms with van der Waals surface area (Å²) >= 11 is 5.57. The van der Waals surface area contributed by atoms with Crippen LogP contribution in [0.4, 0.5) is 16.2 Å². The number of nitrogens with one attached hydrogen (secondary N) is 2. The van der Waals surface area contributed by atoms with Crippen molar-refractivity contribution in [3.05, 3.63) is 46.5 Å². The van der Waals surface area contributed by atoms with Gasteiger partial charge in [0.05, 0.1) is 17.4 Å². The average molecular weight is 1050 g/mol. The topological polar surface area (TPSA) is 187 Å². The molecule has 0 spiro atoms. The maximum absolute atomic E-state index is 14.0. The van der Waals surface area contributed by atoms with Gasteiger partial charge in [-0.25, -0.2) is 4.79 Å². The molecule has 0 radical (unpaired) electrons. The van der Waals surface area contributed by atoms with E-state index in [4.69, 9.17) is 25.8 Å². The van der Waals surface area contributed by atoms with E-state index in [-0.39, 0.29) is 91.2 Å². The van der Waals surface area contributed by atoms with Gasteiger partial charge in [-0.2, -0.15) is 0 Å². The van der Waals surface area contributed by atoms with Crippen LogP contribution in [-0.4, -0.2) is 137 Å². The van der Waals surface area contributed by atoms with Crippen LogP contribution in [0.25, 0.3) is 0 Å². The number of aryl methyl sites for hydroxylation is 2. The Morgan fingerprint density at radius 3 is 1.51 bits per heavy atom. The van der Waals surface area contributed by atoms with E-state index in [1.165, 1.54) is 6.42 Å². The van der Waals surface area contributed by atoms with Gasteiger partial charge in [-0.15, -0.1) is 12.4 Å². The molecular weight excluding hydrogens is 966 g/mol. The largest absolute Gasteiger partial charge is 0.476 e. The number of benzene rings is 2. The van der Waals surface area contributed by atoms with Crippen LogP contribution < -0.4 is 29.9 Å². The molecule has 72 heavy (non-hydrogen) atoms. The lowest BCUT2D eigenvalue weighted by molar-refractivity contribution is -0.133. The molecule has 3 heterocycles. The van der Waals surface area contributed by atoms with Gasteiger partial charge in [0, 0.05) is 81.4 Å². The lowest BCUT2D eigenvalue weighted by Crippen LogP contribution is -2.55. The Labute approximate surface area is 437 Å². The molecule has 1 atom stereocenters. The lowest BCUT2D eigenvalue weighted by Gasteiger charge is -2.42. The van der Waals surface area contributed by atoms with Crippen molar-refractivity contribution in [2.75, 3.05) is 55.1 Å². The van der Waals surface area contributed by atoms with E-state index in [2.05, 4.69) is 24.5 Å². The highest BCUT2D eigenvalue weighted by Crippen LogP contribution is 2.42. The second kappa shape index (κ2) is 25.6. The molecule has 2 N–H and O–H groups in total. The third kappa shape index (κ3) is 13.9. The molecule has 2 aromatic carbocycles. The Hall–Kier alpha value is -5.29. The molecule has 4 aliphatic rings. The summed E-state index contributed by atoms with van der Waals surface area (Å²) in [6.07, 6.45) is 7.34. The van der Waals surface area contributed by atoms with Crippen LogP contribution in [0.2, 0.25) is 0 Å². The first-order chi connectivity index (χ1) is 33.5. The Kier molecular flexibility index (Phi) is 21.1. The molecule has 19 heteroatoms. The van der Waals surface area contributed by atoms with E-state index in [9.17, 15) is 33.6 Å².